The van der Waals surface area contributed by atoms with Gasteiger partial charge in [0.05, 0.1) is 18.1 Å². The molecule has 0 aliphatic heterocycles. The number of nitrogens with one attached hydrogen (secondary N) is 1. The molecule has 0 radical (unpaired) electrons. The fourth-order valence-electron chi connectivity index (χ4n) is 3.04. The lowest BCUT2D eigenvalue weighted by atomic mass is 9.79. The number of nitrogens with zero attached hydrogens (tertiary/aromatic N) is 1. The molecule has 1 aromatic carbocycles. The number of amides is 1. The first-order chi connectivity index (χ1) is 10.0. The van der Waals surface area contributed by atoms with Crippen LogP contribution in [-0.4, -0.2) is 17.0 Å². The van der Waals surface area contributed by atoms with Crippen molar-refractivity contribution in [2.24, 2.45) is 5.41 Å². The van der Waals surface area contributed by atoms with Crippen LogP contribution in [0.3, 0.4) is 0 Å². The van der Waals surface area contributed by atoms with Gasteiger partial charge in [0.1, 0.15) is 0 Å². The number of carboxylic acid groups (broad SMARTS) is 1. The van der Waals surface area contributed by atoms with Crippen molar-refractivity contribution in [2.75, 3.05) is 5.32 Å². The predicted octanol–water partition coefficient (Wildman–Crippen LogP) is 2.92. The maximum absolute atomic E-state index is 12.1. The van der Waals surface area contributed by atoms with E-state index in [-0.39, 0.29) is 18.7 Å². The van der Waals surface area contributed by atoms with Gasteiger partial charge in [-0.05, 0) is 42.5 Å². The van der Waals surface area contributed by atoms with Gasteiger partial charge in [0.15, 0.2) is 0 Å². The summed E-state index contributed by atoms with van der Waals surface area (Å²) in [5.74, 6) is -1.01. The topological polar surface area (TPSA) is 90.2 Å². The molecule has 0 heterocycles. The van der Waals surface area contributed by atoms with Crippen LogP contribution in [0.2, 0.25) is 0 Å². The van der Waals surface area contributed by atoms with Gasteiger partial charge in [0.2, 0.25) is 5.91 Å². The lowest BCUT2D eigenvalue weighted by molar-refractivity contribution is -0.140. The van der Waals surface area contributed by atoms with Crippen molar-refractivity contribution >= 4 is 17.6 Å². The summed E-state index contributed by atoms with van der Waals surface area (Å²) in [6.45, 7) is 0. The minimum absolute atomic E-state index is 0.0494. The lowest BCUT2D eigenvalue weighted by Gasteiger charge is -2.26. The molecule has 1 fully saturated rings. The SMILES string of the molecule is N#Cc1ccc(NC(=O)CC2(CC(=O)O)CCCC2)cc1. The molecular formula is C16H18N2O3. The smallest absolute Gasteiger partial charge is 0.303 e. The van der Waals surface area contributed by atoms with Crippen molar-refractivity contribution in [3.8, 4) is 6.07 Å². The molecule has 5 nitrogen and oxygen atoms in total. The average molecular weight is 286 g/mol. The van der Waals surface area contributed by atoms with E-state index in [9.17, 15) is 9.59 Å². The molecule has 0 aromatic heterocycles. The highest BCUT2D eigenvalue weighted by molar-refractivity contribution is 5.91. The Morgan fingerprint density at radius 2 is 1.81 bits per heavy atom. The molecule has 2 rings (SSSR count). The van der Waals surface area contributed by atoms with E-state index < -0.39 is 11.4 Å². The molecule has 1 aliphatic carbocycles. The number of aliphatic carboxylic acids is 1. The summed E-state index contributed by atoms with van der Waals surface area (Å²) in [4.78, 5) is 23.1. The maximum Gasteiger partial charge on any atom is 0.303 e. The standard InChI is InChI=1S/C16H18N2O3/c17-11-12-3-5-13(6-4-12)18-14(19)9-16(10-15(20)21)7-1-2-8-16/h3-6H,1-2,7-10H2,(H,18,19)(H,20,21). The molecule has 0 atom stereocenters. The molecule has 1 aromatic rings. The third-order valence-electron chi connectivity index (χ3n) is 4.02. The Morgan fingerprint density at radius 1 is 1.19 bits per heavy atom. The first-order valence-electron chi connectivity index (χ1n) is 7.05. The van der Waals surface area contributed by atoms with Crippen molar-refractivity contribution in [1.29, 1.82) is 5.26 Å². The third-order valence-corrected chi connectivity index (χ3v) is 4.02. The quantitative estimate of drug-likeness (QED) is 0.870. The second-order valence-corrected chi connectivity index (χ2v) is 5.69. The van der Waals surface area contributed by atoms with E-state index in [4.69, 9.17) is 10.4 Å². The van der Waals surface area contributed by atoms with Gasteiger partial charge in [-0.15, -0.1) is 0 Å². The van der Waals surface area contributed by atoms with E-state index in [0.29, 0.717) is 11.3 Å². The van der Waals surface area contributed by atoms with Crippen molar-refractivity contribution in [2.45, 2.75) is 38.5 Å². The molecule has 0 saturated heterocycles. The van der Waals surface area contributed by atoms with Crippen LogP contribution in [0.4, 0.5) is 5.69 Å². The van der Waals surface area contributed by atoms with E-state index in [1.165, 1.54) is 0 Å². The Kier molecular flexibility index (Phi) is 4.59. The van der Waals surface area contributed by atoms with Crippen LogP contribution >= 0.6 is 0 Å². The molecule has 0 unspecified atom stereocenters. The number of benzene rings is 1. The van der Waals surface area contributed by atoms with Crippen LogP contribution in [0.25, 0.3) is 0 Å². The van der Waals surface area contributed by atoms with Gasteiger partial charge < -0.3 is 10.4 Å². The van der Waals surface area contributed by atoms with Gasteiger partial charge in [0.25, 0.3) is 0 Å². The van der Waals surface area contributed by atoms with Crippen molar-refractivity contribution < 1.29 is 14.7 Å². The highest BCUT2D eigenvalue weighted by Crippen LogP contribution is 2.44. The highest BCUT2D eigenvalue weighted by Gasteiger charge is 2.37. The Morgan fingerprint density at radius 3 is 2.33 bits per heavy atom. The zero-order chi connectivity index (χ0) is 15.3. The van der Waals surface area contributed by atoms with Gasteiger partial charge in [-0.3, -0.25) is 9.59 Å². The minimum Gasteiger partial charge on any atom is -0.481 e. The average Bonchev–Trinajstić information content (AvgIpc) is 2.86. The summed E-state index contributed by atoms with van der Waals surface area (Å²) in [5.41, 5.74) is 0.760. The van der Waals surface area contributed by atoms with Gasteiger partial charge in [-0.25, -0.2) is 0 Å². The zero-order valence-electron chi connectivity index (χ0n) is 11.8. The molecule has 0 bridgehead atoms. The summed E-state index contributed by atoms with van der Waals surface area (Å²) in [6.07, 6.45) is 3.84. The highest BCUT2D eigenvalue weighted by atomic mass is 16.4. The number of carboxylic acids is 1. The number of hydrogen-bond acceptors (Lipinski definition) is 3. The fourth-order valence-corrected chi connectivity index (χ4v) is 3.04. The summed E-state index contributed by atoms with van der Waals surface area (Å²) in [6, 6.07) is 8.64. The largest absolute Gasteiger partial charge is 0.481 e. The second kappa shape index (κ2) is 6.40. The summed E-state index contributed by atoms with van der Waals surface area (Å²) in [7, 11) is 0. The normalized spacial score (nSPS) is 16.1. The molecular weight excluding hydrogens is 268 g/mol. The number of anilines is 1. The number of carbonyl (C=O) groups is 2. The van der Waals surface area contributed by atoms with E-state index in [1.54, 1.807) is 24.3 Å². The van der Waals surface area contributed by atoms with Gasteiger partial charge in [0, 0.05) is 12.1 Å². The van der Waals surface area contributed by atoms with Gasteiger partial charge >= 0.3 is 5.97 Å². The lowest BCUT2D eigenvalue weighted by Crippen LogP contribution is -2.27. The number of carbonyl (C=O) groups excluding carboxylic acids is 1. The molecule has 1 saturated carbocycles. The Labute approximate surface area is 123 Å². The Balaban J connectivity index is 1.99. The number of rotatable bonds is 5. The van der Waals surface area contributed by atoms with Crippen LogP contribution in [0.5, 0.6) is 0 Å². The number of nitriles is 1. The maximum atomic E-state index is 12.1. The minimum atomic E-state index is -0.844. The van der Waals surface area contributed by atoms with Gasteiger partial charge in [-0.2, -0.15) is 5.26 Å². The second-order valence-electron chi connectivity index (χ2n) is 5.69. The molecule has 2 N–H and O–H groups in total. The molecule has 21 heavy (non-hydrogen) atoms. The van der Waals surface area contributed by atoms with E-state index in [2.05, 4.69) is 5.32 Å². The van der Waals surface area contributed by atoms with Crippen molar-refractivity contribution in [3.05, 3.63) is 29.8 Å². The molecule has 0 spiro atoms. The van der Waals surface area contributed by atoms with Crippen LogP contribution in [-0.2, 0) is 9.59 Å². The van der Waals surface area contributed by atoms with Crippen LogP contribution in [0, 0.1) is 16.7 Å². The Hall–Kier alpha value is -2.35. The van der Waals surface area contributed by atoms with Gasteiger partial charge in [-0.1, -0.05) is 12.8 Å². The molecule has 5 heteroatoms. The predicted molar refractivity (Wildman–Crippen MR) is 77.6 cm³/mol. The summed E-state index contributed by atoms with van der Waals surface area (Å²) in [5, 5.41) is 20.5. The van der Waals surface area contributed by atoms with E-state index in [0.717, 1.165) is 25.7 Å². The summed E-state index contributed by atoms with van der Waals surface area (Å²) >= 11 is 0. The van der Waals surface area contributed by atoms with E-state index >= 15 is 0 Å². The third kappa shape index (κ3) is 4.06. The van der Waals surface area contributed by atoms with Crippen molar-refractivity contribution in [1.82, 2.24) is 0 Å². The van der Waals surface area contributed by atoms with Crippen LogP contribution in [0.1, 0.15) is 44.1 Å². The van der Waals surface area contributed by atoms with E-state index in [1.807, 2.05) is 6.07 Å². The Bertz CT molecular complexity index is 566. The number of hydrogen-bond donors (Lipinski definition) is 2. The van der Waals surface area contributed by atoms with Crippen LogP contribution in [0.15, 0.2) is 24.3 Å². The molecule has 1 amide bonds. The summed E-state index contributed by atoms with van der Waals surface area (Å²) < 4.78 is 0. The zero-order valence-corrected chi connectivity index (χ0v) is 11.8. The first-order valence-corrected chi connectivity index (χ1v) is 7.05. The molecule has 110 valence electrons. The monoisotopic (exact) mass is 286 g/mol. The van der Waals surface area contributed by atoms with Crippen LogP contribution < -0.4 is 5.32 Å². The fraction of sp³-hybridized carbons (Fsp3) is 0.438. The van der Waals surface area contributed by atoms with Crippen molar-refractivity contribution in [3.63, 3.8) is 0 Å². The molecule has 1 aliphatic rings. The first kappa shape index (κ1) is 15.0.